The minimum absolute atomic E-state index is 1.15. The first-order chi connectivity index (χ1) is 6.33. The van der Waals surface area contributed by atoms with Crippen molar-refractivity contribution in [1.29, 1.82) is 0 Å². The molecule has 2 rings (SSSR count). The fourth-order valence-electron chi connectivity index (χ4n) is 2.24. The predicted molar refractivity (Wildman–Crippen MR) is 57.5 cm³/mol. The van der Waals surface area contributed by atoms with E-state index in [1.54, 1.807) is 0 Å². The van der Waals surface area contributed by atoms with Crippen molar-refractivity contribution in [2.75, 3.05) is 18.5 Å². The average Bonchev–Trinajstić information content (AvgIpc) is 2.17. The molecule has 64 valence electrons. The van der Waals surface area contributed by atoms with Crippen LogP contribution in [0.4, 0.5) is 5.69 Å². The van der Waals surface area contributed by atoms with Gasteiger partial charge in [-0.1, -0.05) is 0 Å². The monoisotopic (exact) mass is 167 g/mol. The molecule has 0 N–H and O–H groups in total. The molecule has 0 radical (unpaired) electrons. The third kappa shape index (κ3) is 1.64. The molecular weight excluding hydrogens is 153 g/mol. The van der Waals surface area contributed by atoms with Gasteiger partial charge in [-0.2, -0.15) is 0 Å². The summed E-state index contributed by atoms with van der Waals surface area (Å²) in [6.45, 7) is 1.21. The summed E-state index contributed by atoms with van der Waals surface area (Å²) in [5.41, 5.74) is 4.53. The fraction of sp³-hybridized carbons (Fsp3) is 0.455. The van der Waals surface area contributed by atoms with Gasteiger partial charge in [0, 0.05) is 0 Å². The summed E-state index contributed by atoms with van der Waals surface area (Å²) in [5, 5.41) is 1.15. The molecule has 1 aliphatic heterocycles. The van der Waals surface area contributed by atoms with Crippen LogP contribution >= 0.6 is 0 Å². The summed E-state index contributed by atoms with van der Waals surface area (Å²) in [6.07, 6.45) is 2.56. The second-order valence-corrected chi connectivity index (χ2v) is 3.80. The minimum atomic E-state index is 1.15. The van der Waals surface area contributed by atoms with Crippen molar-refractivity contribution in [2.24, 2.45) is 0 Å². The maximum atomic E-state index is 2.40. The first-order valence-corrected chi connectivity index (χ1v) is 5.15. The molecule has 0 amide bonds. The van der Waals surface area contributed by atoms with Crippen LogP contribution in [-0.2, 0) is 11.5 Å². The van der Waals surface area contributed by atoms with Crippen molar-refractivity contribution in [3.63, 3.8) is 0 Å². The van der Waals surface area contributed by atoms with Crippen LogP contribution < -0.4 is 4.90 Å². The van der Waals surface area contributed by atoms with Crippen LogP contribution in [0, 0.1) is 0 Å². The van der Waals surface area contributed by atoms with Gasteiger partial charge >= 0.3 is 89.2 Å². The van der Waals surface area contributed by atoms with E-state index < -0.39 is 0 Å². The van der Waals surface area contributed by atoms with E-state index in [9.17, 15) is 0 Å². The third-order valence-electron chi connectivity index (χ3n) is 2.91. The van der Waals surface area contributed by atoms with Crippen LogP contribution in [0.15, 0.2) is 18.2 Å². The Hall–Kier alpha value is -0.383. The molecule has 0 aromatic heterocycles. The molecule has 1 nitrogen and oxygen atoms in total. The number of hydrogen-bond donors (Lipinski definition) is 0. The van der Waals surface area contributed by atoms with Crippen LogP contribution in [0.5, 0.6) is 0 Å². The zero-order valence-corrected chi connectivity index (χ0v) is 8.51. The molecule has 13 heavy (non-hydrogen) atoms. The number of hydrogen-bond acceptors (Lipinski definition) is 1. The molecule has 1 aliphatic rings. The number of para-hydroxylation sites is 1. The molecule has 0 atom stereocenters. The molecule has 0 aliphatic carbocycles. The SMILES string of the molecule is [Li][CH2]c1cccc2c1N(C)CCC2. The van der Waals surface area contributed by atoms with Crippen LogP contribution in [0.1, 0.15) is 17.5 Å². The maximum absolute atomic E-state index is 2.40. The van der Waals surface area contributed by atoms with Gasteiger partial charge in [-0.3, -0.25) is 0 Å². The number of benzene rings is 1. The van der Waals surface area contributed by atoms with Gasteiger partial charge in [-0.25, -0.2) is 0 Å². The summed E-state index contributed by atoms with van der Waals surface area (Å²) in [7, 11) is 2.21. The summed E-state index contributed by atoms with van der Waals surface area (Å²) in [6, 6.07) is 6.71. The normalized spacial score (nSPS) is 15.8. The van der Waals surface area contributed by atoms with Gasteiger partial charge in [0.1, 0.15) is 0 Å². The molecule has 0 unspecified atom stereocenters. The molecule has 0 saturated heterocycles. The van der Waals surface area contributed by atoms with E-state index in [1.807, 2.05) is 0 Å². The molecular formula is C11H14LiN. The number of anilines is 1. The molecule has 0 saturated carbocycles. The predicted octanol–water partition coefficient (Wildman–Crippen LogP) is 1.74. The Labute approximate surface area is 89.3 Å². The zero-order chi connectivity index (χ0) is 9.26. The Morgan fingerprint density at radius 2 is 2.31 bits per heavy atom. The average molecular weight is 167 g/mol. The summed E-state index contributed by atoms with van der Waals surface area (Å²) < 4.78 is 0. The van der Waals surface area contributed by atoms with Gasteiger partial charge < -0.3 is 0 Å². The quantitative estimate of drug-likeness (QED) is 0.576. The molecule has 2 heteroatoms. The Balaban J connectivity index is 2.50. The number of fused-ring (bicyclic) bond motifs is 1. The summed E-state index contributed by atoms with van der Waals surface area (Å²) in [5.74, 6) is 0. The number of rotatable bonds is 1. The topological polar surface area (TPSA) is 3.24 Å². The van der Waals surface area contributed by atoms with E-state index in [-0.39, 0.29) is 0 Å². The van der Waals surface area contributed by atoms with E-state index in [0.717, 1.165) is 5.09 Å². The standard InChI is InChI=1S/C11H14N.Li/c1-9-5-3-6-10-7-4-8-12(2)11(9)10;/h3,5-6H,1,4,7-8H2,2H3;. The van der Waals surface area contributed by atoms with Gasteiger partial charge in [0.15, 0.2) is 0 Å². The van der Waals surface area contributed by atoms with Crippen molar-refractivity contribution >= 4 is 23.4 Å². The summed E-state index contributed by atoms with van der Waals surface area (Å²) in [4.78, 5) is 2.40. The van der Waals surface area contributed by atoms with Crippen molar-refractivity contribution in [2.45, 2.75) is 17.9 Å². The third-order valence-corrected chi connectivity index (χ3v) is 2.91. The molecule has 1 heterocycles. The fourth-order valence-corrected chi connectivity index (χ4v) is 2.24. The Morgan fingerprint density at radius 3 is 3.08 bits per heavy atom. The van der Waals surface area contributed by atoms with Crippen LogP contribution in [0.3, 0.4) is 0 Å². The van der Waals surface area contributed by atoms with E-state index in [2.05, 4.69) is 47.9 Å². The molecule has 0 fully saturated rings. The van der Waals surface area contributed by atoms with E-state index in [4.69, 9.17) is 0 Å². The number of nitrogens with zero attached hydrogens (tertiary/aromatic N) is 1. The molecule has 1 aromatic rings. The van der Waals surface area contributed by atoms with Gasteiger partial charge in [0.2, 0.25) is 0 Å². The van der Waals surface area contributed by atoms with Crippen molar-refractivity contribution in [3.05, 3.63) is 29.3 Å². The van der Waals surface area contributed by atoms with Crippen LogP contribution in [0.2, 0.25) is 0 Å². The zero-order valence-electron chi connectivity index (χ0n) is 8.51. The van der Waals surface area contributed by atoms with Crippen LogP contribution in [-0.4, -0.2) is 31.3 Å². The first-order valence-electron chi connectivity index (χ1n) is 5.15. The van der Waals surface area contributed by atoms with Crippen molar-refractivity contribution in [3.8, 4) is 0 Å². The van der Waals surface area contributed by atoms with E-state index >= 15 is 0 Å². The van der Waals surface area contributed by atoms with Gasteiger partial charge in [-0.15, -0.1) is 0 Å². The molecule has 0 spiro atoms. The molecule has 1 aromatic carbocycles. The van der Waals surface area contributed by atoms with Crippen LogP contribution in [0.25, 0.3) is 0 Å². The number of aryl methyl sites for hydroxylation is 1. The second-order valence-electron chi connectivity index (χ2n) is 3.80. The van der Waals surface area contributed by atoms with Gasteiger partial charge in [0.05, 0.1) is 0 Å². The Kier molecular flexibility index (Phi) is 2.67. The molecule has 0 bridgehead atoms. The Bertz CT molecular complexity index is 295. The first kappa shape index (κ1) is 9.18. The van der Waals surface area contributed by atoms with Gasteiger partial charge in [-0.05, 0) is 0 Å². The second kappa shape index (κ2) is 3.78. The Morgan fingerprint density at radius 1 is 1.46 bits per heavy atom. The van der Waals surface area contributed by atoms with Gasteiger partial charge in [0.25, 0.3) is 0 Å². The van der Waals surface area contributed by atoms with E-state index in [0.29, 0.717) is 0 Å². The van der Waals surface area contributed by atoms with Crippen molar-refractivity contribution < 1.29 is 0 Å². The van der Waals surface area contributed by atoms with Crippen molar-refractivity contribution in [1.82, 2.24) is 0 Å². The summed E-state index contributed by atoms with van der Waals surface area (Å²) >= 11 is 2.23. The van der Waals surface area contributed by atoms with E-state index in [1.165, 1.54) is 36.2 Å².